The van der Waals surface area contributed by atoms with E-state index < -0.39 is 34.4 Å². The highest BCUT2D eigenvalue weighted by Gasteiger charge is 2.72. The van der Waals surface area contributed by atoms with Crippen molar-refractivity contribution in [1.82, 2.24) is 0 Å². The first-order valence-corrected chi connectivity index (χ1v) is 22.1. The Morgan fingerprint density at radius 2 is 1.16 bits per heavy atom. The van der Waals surface area contributed by atoms with Gasteiger partial charge in [-0.25, -0.2) is 0 Å². The topological polar surface area (TPSA) is 124 Å². The molecular weight excluding hydrogens is 737 g/mol. The van der Waals surface area contributed by atoms with Crippen LogP contribution >= 0.6 is 0 Å². The van der Waals surface area contributed by atoms with Gasteiger partial charge in [0.05, 0.1) is 34.4 Å². The Morgan fingerprint density at radius 1 is 0.586 bits per heavy atom. The van der Waals surface area contributed by atoms with Gasteiger partial charge in [-0.2, -0.15) is 0 Å². The van der Waals surface area contributed by atoms with E-state index in [0.717, 1.165) is 56.9 Å². The van der Waals surface area contributed by atoms with Crippen LogP contribution in [0, 0.1) is 72.9 Å². The third-order valence-corrected chi connectivity index (χ3v) is 16.5. The maximum atomic E-state index is 14.5. The molecule has 0 aromatic heterocycles. The van der Waals surface area contributed by atoms with Crippen molar-refractivity contribution in [1.29, 1.82) is 0 Å². The number of ether oxygens (including phenoxy) is 6. The lowest BCUT2D eigenvalue weighted by molar-refractivity contribution is -0.258. The van der Waals surface area contributed by atoms with Crippen LogP contribution in [0.4, 0.5) is 0 Å². The summed E-state index contributed by atoms with van der Waals surface area (Å²) in [6.45, 7) is 33.0. The Hall–Kier alpha value is -2.46. The van der Waals surface area contributed by atoms with Crippen LogP contribution in [0.25, 0.3) is 0 Å². The van der Waals surface area contributed by atoms with E-state index in [2.05, 4.69) is 41.2 Å². The summed E-state index contributed by atoms with van der Waals surface area (Å²) in [5, 5.41) is 0. The molecule has 10 heteroatoms. The molecule has 5 saturated carbocycles. The van der Waals surface area contributed by atoms with Crippen LogP contribution in [0.1, 0.15) is 161 Å². The molecule has 0 aromatic rings. The van der Waals surface area contributed by atoms with Gasteiger partial charge in [-0.05, 0) is 183 Å². The Kier molecular flexibility index (Phi) is 12.9. The molecule has 5 fully saturated rings. The summed E-state index contributed by atoms with van der Waals surface area (Å²) in [7, 11) is 0. The molecule has 0 aromatic carbocycles. The first-order valence-electron chi connectivity index (χ1n) is 22.1. The van der Waals surface area contributed by atoms with Crippen LogP contribution in [-0.4, -0.2) is 57.0 Å². The van der Waals surface area contributed by atoms with Gasteiger partial charge in [-0.3, -0.25) is 19.2 Å². The standard InChI is InChI=1S/C48H78O10/c1-30(26-53-27-55-37(49)41(2,3)4)31-18-23-48(40(52)58-29-57-39(51)43(8,9)10)25-24-46(14)32(36(31)48)16-17-34-45(13)21-20-35(54-28-56-38(50)42(5,6)7)44(11,12)33(45)19-22-47(34,46)15/h31-36H,1,16-29H2,2-15H3/t31?,32?,33?,34?,35-,36?,45-,46+,47+,48-/m0/s1. The van der Waals surface area contributed by atoms with Gasteiger partial charge in [0.2, 0.25) is 6.79 Å². The van der Waals surface area contributed by atoms with E-state index >= 15 is 0 Å². The average Bonchev–Trinajstić information content (AvgIpc) is 3.51. The number of carbonyl (C=O) groups is 4. The highest BCUT2D eigenvalue weighted by Crippen LogP contribution is 2.77. The summed E-state index contributed by atoms with van der Waals surface area (Å²) < 4.78 is 34.7. The number of hydrogen-bond acceptors (Lipinski definition) is 10. The third-order valence-electron chi connectivity index (χ3n) is 16.5. The molecule has 0 radical (unpaired) electrons. The molecule has 5 aliphatic rings. The highest BCUT2D eigenvalue weighted by molar-refractivity contribution is 5.79. The van der Waals surface area contributed by atoms with Crippen LogP contribution in [0.3, 0.4) is 0 Å². The van der Waals surface area contributed by atoms with Crippen LogP contribution in [0.2, 0.25) is 0 Å². The van der Waals surface area contributed by atoms with E-state index in [0.29, 0.717) is 24.7 Å². The zero-order valence-electron chi connectivity index (χ0n) is 38.7. The Morgan fingerprint density at radius 3 is 1.74 bits per heavy atom. The van der Waals surface area contributed by atoms with Crippen LogP contribution < -0.4 is 0 Å². The predicted molar refractivity (Wildman–Crippen MR) is 221 cm³/mol. The number of carbonyl (C=O) groups excluding carboxylic acids is 4. The van der Waals surface area contributed by atoms with Gasteiger partial charge < -0.3 is 28.4 Å². The Balaban J connectivity index is 1.39. The number of fused-ring (bicyclic) bond motifs is 7. The van der Waals surface area contributed by atoms with Crippen LogP contribution in [-0.2, 0) is 47.6 Å². The second-order valence-corrected chi connectivity index (χ2v) is 23.3. The quantitative estimate of drug-likeness (QED) is 0.0655. The fourth-order valence-electron chi connectivity index (χ4n) is 13.1. The van der Waals surface area contributed by atoms with E-state index in [9.17, 15) is 19.2 Å². The Bertz CT molecular complexity index is 1580. The smallest absolute Gasteiger partial charge is 0.315 e. The lowest BCUT2D eigenvalue weighted by Gasteiger charge is -2.72. The van der Waals surface area contributed by atoms with Gasteiger partial charge in [-0.1, -0.05) is 41.2 Å². The highest BCUT2D eigenvalue weighted by atomic mass is 16.7. The molecule has 58 heavy (non-hydrogen) atoms. The van der Waals surface area contributed by atoms with E-state index in [1.54, 1.807) is 20.8 Å². The lowest BCUT2D eigenvalue weighted by Crippen LogP contribution is -2.67. The largest absolute Gasteiger partial charge is 0.438 e. The summed E-state index contributed by atoms with van der Waals surface area (Å²) in [6, 6.07) is 0. The fraction of sp³-hybridized carbons (Fsp3) is 0.875. The zero-order chi connectivity index (χ0) is 43.5. The maximum absolute atomic E-state index is 14.5. The minimum Gasteiger partial charge on any atom is -0.438 e. The SMILES string of the molecule is C=C(COCOC(=O)C(C)(C)C)C1CC[C@]2(C(=O)OCOC(=O)C(C)(C)C)CC[C@]3(C)C(CCC4[C@@]5(C)CC[C@H](OCOC(=O)C(C)(C)C)C(C)(C)C5CC[C@]43C)C12. The van der Waals surface area contributed by atoms with Crippen molar-refractivity contribution in [3.63, 3.8) is 0 Å². The van der Waals surface area contributed by atoms with Crippen molar-refractivity contribution in [3.05, 3.63) is 12.2 Å². The molecule has 0 aliphatic heterocycles. The molecule has 10 nitrogen and oxygen atoms in total. The molecule has 0 saturated heterocycles. The van der Waals surface area contributed by atoms with Crippen molar-refractivity contribution >= 4 is 23.9 Å². The third kappa shape index (κ3) is 8.29. The molecular formula is C48H78O10. The van der Waals surface area contributed by atoms with Crippen molar-refractivity contribution < 1.29 is 47.6 Å². The number of esters is 4. The molecule has 5 aliphatic carbocycles. The maximum Gasteiger partial charge on any atom is 0.315 e. The van der Waals surface area contributed by atoms with Crippen molar-refractivity contribution in [2.75, 3.05) is 27.0 Å². The molecule has 0 spiro atoms. The monoisotopic (exact) mass is 815 g/mol. The average molecular weight is 815 g/mol. The molecule has 5 unspecified atom stereocenters. The van der Waals surface area contributed by atoms with Crippen molar-refractivity contribution in [2.45, 2.75) is 167 Å². The van der Waals surface area contributed by atoms with E-state index in [1.807, 2.05) is 41.5 Å². The van der Waals surface area contributed by atoms with Gasteiger partial charge in [-0.15, -0.1) is 0 Å². The molecule has 10 atom stereocenters. The van der Waals surface area contributed by atoms with E-state index in [4.69, 9.17) is 28.4 Å². The first-order chi connectivity index (χ1) is 26.6. The van der Waals surface area contributed by atoms with Crippen LogP contribution in [0.15, 0.2) is 12.2 Å². The Labute approximate surface area is 350 Å². The summed E-state index contributed by atoms with van der Waals surface area (Å²) in [4.78, 5) is 52.0. The summed E-state index contributed by atoms with van der Waals surface area (Å²) in [5.41, 5.74) is -1.70. The lowest BCUT2D eigenvalue weighted by atomic mass is 9.32. The molecule has 0 amide bonds. The fourth-order valence-corrected chi connectivity index (χ4v) is 13.1. The number of hydrogen-bond donors (Lipinski definition) is 0. The first kappa shape index (κ1) is 46.6. The predicted octanol–water partition coefficient (Wildman–Crippen LogP) is 10.2. The summed E-state index contributed by atoms with van der Waals surface area (Å²) in [6.07, 6.45) is 9.37. The second kappa shape index (κ2) is 16.1. The van der Waals surface area contributed by atoms with Crippen molar-refractivity contribution in [2.24, 2.45) is 72.9 Å². The van der Waals surface area contributed by atoms with E-state index in [-0.39, 0.29) is 83.6 Å². The zero-order valence-corrected chi connectivity index (χ0v) is 38.7. The minimum absolute atomic E-state index is 0.00284. The molecule has 0 N–H and O–H groups in total. The minimum atomic E-state index is -0.719. The van der Waals surface area contributed by atoms with Gasteiger partial charge in [0.25, 0.3) is 0 Å². The normalized spacial score (nSPS) is 36.9. The summed E-state index contributed by atoms with van der Waals surface area (Å²) >= 11 is 0. The second-order valence-electron chi connectivity index (χ2n) is 23.3. The van der Waals surface area contributed by atoms with E-state index in [1.165, 1.54) is 0 Å². The molecule has 0 bridgehead atoms. The van der Waals surface area contributed by atoms with Gasteiger partial charge in [0.15, 0.2) is 13.6 Å². The molecule has 330 valence electrons. The number of rotatable bonds is 11. The van der Waals surface area contributed by atoms with Gasteiger partial charge >= 0.3 is 23.9 Å². The molecule has 5 rings (SSSR count). The van der Waals surface area contributed by atoms with Gasteiger partial charge in [0, 0.05) is 0 Å². The summed E-state index contributed by atoms with van der Waals surface area (Å²) in [5.74, 6) is -0.0328. The van der Waals surface area contributed by atoms with Gasteiger partial charge in [0.1, 0.15) is 0 Å². The van der Waals surface area contributed by atoms with Crippen molar-refractivity contribution in [3.8, 4) is 0 Å². The van der Waals surface area contributed by atoms with Crippen LogP contribution in [0.5, 0.6) is 0 Å². The molecule has 0 heterocycles.